The summed E-state index contributed by atoms with van der Waals surface area (Å²) < 4.78 is 0. The molecule has 0 aliphatic heterocycles. The first-order valence-electron chi connectivity index (χ1n) is 10.7. The molecule has 1 amide bonds. The van der Waals surface area contributed by atoms with E-state index < -0.39 is 0 Å². The molecule has 0 fully saturated rings. The first-order valence-corrected chi connectivity index (χ1v) is 10.7. The van der Waals surface area contributed by atoms with E-state index in [0.29, 0.717) is 5.71 Å². The van der Waals surface area contributed by atoms with E-state index in [1.54, 1.807) is 12.4 Å². The highest BCUT2D eigenvalue weighted by atomic mass is 16.2. The van der Waals surface area contributed by atoms with Gasteiger partial charge in [-0.05, 0) is 48.9 Å². The molecule has 0 saturated carbocycles. The number of pyridine rings is 1. The Bertz CT molecular complexity index is 1030. The number of hydrazone groups is 1. The lowest BCUT2D eigenvalue weighted by molar-refractivity contribution is -0.118. The van der Waals surface area contributed by atoms with Gasteiger partial charge in [-0.2, -0.15) is 5.10 Å². The number of amides is 1. The van der Waals surface area contributed by atoms with Crippen LogP contribution in [0.1, 0.15) is 57.9 Å². The molecule has 0 spiro atoms. The van der Waals surface area contributed by atoms with E-state index in [9.17, 15) is 4.79 Å². The fraction of sp³-hybridized carbons (Fsp3) is 0.320. The number of aromatic amines is 1. The lowest BCUT2D eigenvalue weighted by Gasteiger charge is -2.08. The summed E-state index contributed by atoms with van der Waals surface area (Å²) in [5.74, 6) is -0.212. The van der Waals surface area contributed by atoms with Gasteiger partial charge in [0.2, 0.25) is 5.91 Å². The predicted molar refractivity (Wildman–Crippen MR) is 130 cm³/mol. The summed E-state index contributed by atoms with van der Waals surface area (Å²) >= 11 is 0. The molecule has 0 atom stereocenters. The Kier molecular flexibility index (Phi) is 9.65. The van der Waals surface area contributed by atoms with Crippen molar-refractivity contribution in [1.29, 1.82) is 0 Å². The fourth-order valence-corrected chi connectivity index (χ4v) is 3.09. The summed E-state index contributed by atoms with van der Waals surface area (Å²) in [5, 5.41) is 8.91. The number of aromatic nitrogens is 2. The maximum absolute atomic E-state index is 11.4. The zero-order chi connectivity index (χ0) is 22.6. The Labute approximate surface area is 184 Å². The third kappa shape index (κ3) is 6.89. The molecule has 0 aliphatic rings. The van der Waals surface area contributed by atoms with Gasteiger partial charge < -0.3 is 10.3 Å². The number of benzene rings is 1. The lowest BCUT2D eigenvalue weighted by Crippen LogP contribution is -2.16. The average Bonchev–Trinajstić information content (AvgIpc) is 3.15. The van der Waals surface area contributed by atoms with Crippen LogP contribution in [0.25, 0.3) is 16.5 Å². The second-order valence-corrected chi connectivity index (χ2v) is 7.24. The summed E-state index contributed by atoms with van der Waals surface area (Å²) in [7, 11) is 0. The molecule has 0 aliphatic carbocycles. The van der Waals surface area contributed by atoms with E-state index in [2.05, 4.69) is 64.8 Å². The molecule has 3 rings (SSSR count). The molecule has 2 heterocycles. The summed E-state index contributed by atoms with van der Waals surface area (Å²) in [5.41, 5.74) is 8.51. The van der Waals surface area contributed by atoms with Gasteiger partial charge in [0, 0.05) is 48.0 Å². The van der Waals surface area contributed by atoms with Crippen molar-refractivity contribution in [2.45, 2.75) is 47.6 Å². The number of rotatable bonds is 7. The van der Waals surface area contributed by atoms with Crippen molar-refractivity contribution < 1.29 is 4.79 Å². The second-order valence-electron chi connectivity index (χ2n) is 7.24. The molecule has 6 heteroatoms. The molecule has 3 N–H and O–H groups in total. The van der Waals surface area contributed by atoms with Crippen molar-refractivity contribution in [3.05, 3.63) is 71.7 Å². The first-order chi connectivity index (χ1) is 15.0. The van der Waals surface area contributed by atoms with E-state index >= 15 is 0 Å². The van der Waals surface area contributed by atoms with Gasteiger partial charge in [0.15, 0.2) is 0 Å². The van der Waals surface area contributed by atoms with Crippen LogP contribution in [0, 0.1) is 0 Å². The van der Waals surface area contributed by atoms with Crippen molar-refractivity contribution in [1.82, 2.24) is 20.7 Å². The number of hydrogen-bond acceptors (Lipinski definition) is 4. The molecule has 1 aromatic carbocycles. The number of nitrogens with zero attached hydrogens (tertiary/aromatic N) is 2. The van der Waals surface area contributed by atoms with E-state index in [-0.39, 0.29) is 5.91 Å². The Morgan fingerprint density at radius 1 is 1.10 bits per heavy atom. The first kappa shape index (κ1) is 24.0. The molecule has 6 nitrogen and oxygen atoms in total. The third-order valence-corrected chi connectivity index (χ3v) is 4.42. The Morgan fingerprint density at radius 3 is 2.42 bits per heavy atom. The molecule has 164 valence electrons. The number of nitrogens with one attached hydrogen (secondary N) is 3. The minimum absolute atomic E-state index is 0.212. The normalized spacial score (nSPS) is 11.8. The molecular weight excluding hydrogens is 386 g/mol. The quantitative estimate of drug-likeness (QED) is 0.371. The predicted octanol–water partition coefficient (Wildman–Crippen LogP) is 5.03. The Balaban J connectivity index is 0.00000107. The van der Waals surface area contributed by atoms with Gasteiger partial charge in [-0.25, -0.2) is 5.43 Å². The average molecular weight is 420 g/mol. The highest BCUT2D eigenvalue weighted by molar-refractivity contribution is 6.12. The number of carbonyl (C=O) groups excluding carboxylic acids is 1. The van der Waals surface area contributed by atoms with Crippen molar-refractivity contribution in [2.24, 2.45) is 5.10 Å². The van der Waals surface area contributed by atoms with E-state index in [1.165, 1.54) is 24.3 Å². The topological polar surface area (TPSA) is 82.2 Å². The van der Waals surface area contributed by atoms with Crippen molar-refractivity contribution in [3.63, 3.8) is 0 Å². The van der Waals surface area contributed by atoms with E-state index in [0.717, 1.165) is 35.4 Å². The molecule has 0 saturated heterocycles. The summed E-state index contributed by atoms with van der Waals surface area (Å²) in [6, 6.07) is 12.0. The highest BCUT2D eigenvalue weighted by Crippen LogP contribution is 2.27. The molecule has 0 bridgehead atoms. The summed E-state index contributed by atoms with van der Waals surface area (Å²) in [4.78, 5) is 19.0. The van der Waals surface area contributed by atoms with Crippen molar-refractivity contribution >= 4 is 28.1 Å². The number of carbonyl (C=O) groups is 1. The highest BCUT2D eigenvalue weighted by Gasteiger charge is 2.13. The third-order valence-electron chi connectivity index (χ3n) is 4.42. The molecule has 31 heavy (non-hydrogen) atoms. The van der Waals surface area contributed by atoms with Gasteiger partial charge in [0.25, 0.3) is 0 Å². The maximum atomic E-state index is 11.4. The van der Waals surface area contributed by atoms with Crippen LogP contribution >= 0.6 is 0 Å². The van der Waals surface area contributed by atoms with Crippen molar-refractivity contribution in [2.75, 3.05) is 6.54 Å². The van der Waals surface area contributed by atoms with Gasteiger partial charge >= 0.3 is 0 Å². The van der Waals surface area contributed by atoms with Crippen LogP contribution in [0.15, 0.2) is 60.0 Å². The van der Waals surface area contributed by atoms with Gasteiger partial charge in [0.1, 0.15) is 0 Å². The number of para-hydroxylation sites is 1. The minimum atomic E-state index is -0.212. The SMILES string of the molecule is CCC.CCNCc1c(/C(C)=C/C(=N\NC(C)=O)c2ccncc2)[nH]c2ccccc12. The van der Waals surface area contributed by atoms with Gasteiger partial charge in [-0.3, -0.25) is 9.78 Å². The van der Waals surface area contributed by atoms with Crippen LogP contribution in [0.3, 0.4) is 0 Å². The number of H-pyrrole nitrogens is 1. The van der Waals surface area contributed by atoms with Crippen LogP contribution < -0.4 is 10.7 Å². The molecule has 0 radical (unpaired) electrons. The zero-order valence-corrected chi connectivity index (χ0v) is 19.1. The fourth-order valence-electron chi connectivity index (χ4n) is 3.09. The van der Waals surface area contributed by atoms with Gasteiger partial charge in [-0.15, -0.1) is 0 Å². The number of allylic oxidation sites excluding steroid dienone is 2. The van der Waals surface area contributed by atoms with Gasteiger partial charge in [0.05, 0.1) is 5.71 Å². The molecule has 0 unspecified atom stereocenters. The number of fused-ring (bicyclic) bond motifs is 1. The van der Waals surface area contributed by atoms with Crippen LogP contribution in [0.2, 0.25) is 0 Å². The largest absolute Gasteiger partial charge is 0.355 e. The van der Waals surface area contributed by atoms with Crippen LogP contribution in [-0.4, -0.2) is 28.1 Å². The van der Waals surface area contributed by atoms with Gasteiger partial charge in [-0.1, -0.05) is 45.4 Å². The van der Waals surface area contributed by atoms with Crippen LogP contribution in [0.5, 0.6) is 0 Å². The van der Waals surface area contributed by atoms with Crippen LogP contribution in [0.4, 0.5) is 0 Å². The minimum Gasteiger partial charge on any atom is -0.355 e. The maximum Gasteiger partial charge on any atom is 0.236 e. The molecule has 2 aromatic heterocycles. The zero-order valence-electron chi connectivity index (χ0n) is 19.1. The standard InChI is InChI=1S/C22H25N5O.C3H8/c1-4-23-14-19-18-7-5-6-8-20(18)25-22(19)15(2)13-21(27-26-16(3)28)17-9-11-24-12-10-17;1-3-2/h5-13,23,25H,4,14H2,1-3H3,(H,26,28);3H2,1-2H3/b15-13+,27-21+;. The second kappa shape index (κ2) is 12.4. The van der Waals surface area contributed by atoms with E-state index in [4.69, 9.17) is 0 Å². The molecule has 3 aromatic rings. The van der Waals surface area contributed by atoms with Crippen LogP contribution in [-0.2, 0) is 11.3 Å². The monoisotopic (exact) mass is 419 g/mol. The van der Waals surface area contributed by atoms with Crippen molar-refractivity contribution in [3.8, 4) is 0 Å². The summed E-state index contributed by atoms with van der Waals surface area (Å²) in [6.45, 7) is 11.5. The Morgan fingerprint density at radius 2 is 1.77 bits per heavy atom. The smallest absolute Gasteiger partial charge is 0.236 e. The van der Waals surface area contributed by atoms with E-state index in [1.807, 2.05) is 31.2 Å². The Hall–Kier alpha value is -3.25. The summed E-state index contributed by atoms with van der Waals surface area (Å²) in [6.07, 6.45) is 6.65. The lowest BCUT2D eigenvalue weighted by atomic mass is 10.0. The number of hydrogen-bond donors (Lipinski definition) is 3. The molecular formula is C25H33N5O.